The largest absolute Gasteiger partial charge is 0.462 e. The van der Waals surface area contributed by atoms with E-state index in [1.807, 2.05) is 0 Å². The van der Waals surface area contributed by atoms with Gasteiger partial charge in [-0.05, 0) is 66.3 Å². The standard InChI is InChI=1S/C27H40O5/c1-15(28)32-21-13-19-25(4)12-10-20(29)24(2,3)17(25)9-11-26(19,5)18-8-7-16-14-31-23(30)22(16)27(18,21)6/h7,17-19,21-23,30H,8-14H2,1-6H3/t17-,18-,19+,21+,22+,23+,25-,26-,27+/m0/s1. The van der Waals surface area contributed by atoms with E-state index in [1.165, 1.54) is 12.5 Å². The molecule has 178 valence electrons. The summed E-state index contributed by atoms with van der Waals surface area (Å²) in [4.78, 5) is 25.2. The summed E-state index contributed by atoms with van der Waals surface area (Å²) in [5.41, 5.74) is 0.609. The minimum atomic E-state index is -0.842. The quantitative estimate of drug-likeness (QED) is 0.470. The Bertz CT molecular complexity index is 875. The number of ketones is 1. The molecule has 32 heavy (non-hydrogen) atoms. The van der Waals surface area contributed by atoms with Crippen LogP contribution in [0.1, 0.15) is 80.1 Å². The molecule has 1 aliphatic heterocycles. The fourth-order valence-corrected chi connectivity index (χ4v) is 9.77. The maximum atomic E-state index is 12.9. The number of hydrogen-bond donors (Lipinski definition) is 1. The van der Waals surface area contributed by atoms with E-state index in [4.69, 9.17) is 9.47 Å². The summed E-state index contributed by atoms with van der Waals surface area (Å²) in [6.45, 7) is 13.4. The van der Waals surface area contributed by atoms with E-state index in [9.17, 15) is 14.7 Å². The van der Waals surface area contributed by atoms with E-state index in [-0.39, 0.29) is 39.7 Å². The predicted molar refractivity (Wildman–Crippen MR) is 120 cm³/mol. The maximum absolute atomic E-state index is 12.9. The van der Waals surface area contributed by atoms with Crippen LogP contribution < -0.4 is 0 Å². The lowest BCUT2D eigenvalue weighted by atomic mass is 9.34. The van der Waals surface area contributed by atoms with Gasteiger partial charge in [0.1, 0.15) is 11.9 Å². The second-order valence-electron chi connectivity index (χ2n) is 12.7. The van der Waals surface area contributed by atoms with Gasteiger partial charge >= 0.3 is 5.97 Å². The fourth-order valence-electron chi connectivity index (χ4n) is 9.77. The molecule has 1 heterocycles. The molecule has 0 spiro atoms. The lowest BCUT2D eigenvalue weighted by molar-refractivity contribution is -0.250. The van der Waals surface area contributed by atoms with Crippen LogP contribution in [0.4, 0.5) is 0 Å². The average molecular weight is 445 g/mol. The molecule has 5 heteroatoms. The van der Waals surface area contributed by atoms with Crippen molar-refractivity contribution in [3.05, 3.63) is 11.6 Å². The van der Waals surface area contributed by atoms with Gasteiger partial charge in [0.15, 0.2) is 6.29 Å². The molecular formula is C27H40O5. The smallest absolute Gasteiger partial charge is 0.302 e. The van der Waals surface area contributed by atoms with Crippen LogP contribution >= 0.6 is 0 Å². The monoisotopic (exact) mass is 444 g/mol. The molecular weight excluding hydrogens is 404 g/mol. The second kappa shape index (κ2) is 6.91. The van der Waals surface area contributed by atoms with Crippen molar-refractivity contribution >= 4 is 11.8 Å². The van der Waals surface area contributed by atoms with E-state index in [0.717, 1.165) is 32.1 Å². The predicted octanol–water partition coefficient (Wildman–Crippen LogP) is 4.67. The zero-order valence-electron chi connectivity index (χ0n) is 20.6. The van der Waals surface area contributed by atoms with Gasteiger partial charge in [-0.2, -0.15) is 0 Å². The molecule has 1 saturated heterocycles. The Labute approximate surface area is 192 Å². The summed E-state index contributed by atoms with van der Waals surface area (Å²) in [6, 6.07) is 0. The Morgan fingerprint density at radius 3 is 2.47 bits per heavy atom. The van der Waals surface area contributed by atoms with Crippen molar-refractivity contribution in [2.45, 2.75) is 92.5 Å². The highest BCUT2D eigenvalue weighted by atomic mass is 16.6. The Morgan fingerprint density at radius 1 is 1.09 bits per heavy atom. The minimum absolute atomic E-state index is 0.0406. The van der Waals surface area contributed by atoms with Crippen LogP contribution in [0.15, 0.2) is 11.6 Å². The van der Waals surface area contributed by atoms with Gasteiger partial charge in [0.25, 0.3) is 0 Å². The second-order valence-corrected chi connectivity index (χ2v) is 12.7. The van der Waals surface area contributed by atoms with Crippen LogP contribution in [-0.2, 0) is 19.1 Å². The molecule has 0 aromatic rings. The fraction of sp³-hybridized carbons (Fsp3) is 0.852. The van der Waals surface area contributed by atoms with Gasteiger partial charge in [-0.3, -0.25) is 9.59 Å². The number of ether oxygens (including phenoxy) is 2. The first-order valence-corrected chi connectivity index (χ1v) is 12.6. The highest BCUT2D eigenvalue weighted by molar-refractivity contribution is 5.85. The Hall–Kier alpha value is -1.20. The third-order valence-corrected chi connectivity index (χ3v) is 11.2. The molecule has 0 bridgehead atoms. The summed E-state index contributed by atoms with van der Waals surface area (Å²) in [7, 11) is 0. The minimum Gasteiger partial charge on any atom is -0.462 e. The van der Waals surface area contributed by atoms with Crippen molar-refractivity contribution in [2.24, 2.45) is 45.3 Å². The molecule has 5 nitrogen and oxygen atoms in total. The average Bonchev–Trinajstić information content (AvgIpc) is 3.08. The number of carbonyl (C=O) groups is 2. The van der Waals surface area contributed by atoms with E-state index in [2.05, 4.69) is 40.7 Å². The summed E-state index contributed by atoms with van der Waals surface area (Å²) >= 11 is 0. The van der Waals surface area contributed by atoms with Crippen LogP contribution in [0.3, 0.4) is 0 Å². The van der Waals surface area contributed by atoms with Crippen molar-refractivity contribution in [3.63, 3.8) is 0 Å². The molecule has 0 radical (unpaired) electrons. The van der Waals surface area contributed by atoms with Crippen molar-refractivity contribution < 1.29 is 24.2 Å². The number of carbonyl (C=O) groups excluding carboxylic acids is 2. The van der Waals surface area contributed by atoms with Gasteiger partial charge in [-0.1, -0.05) is 40.7 Å². The molecule has 1 N–H and O–H groups in total. The number of allylic oxidation sites excluding steroid dienone is 1. The van der Waals surface area contributed by atoms with Gasteiger partial charge in [0, 0.05) is 30.1 Å². The molecule has 4 aliphatic carbocycles. The van der Waals surface area contributed by atoms with E-state index in [0.29, 0.717) is 36.6 Å². The first-order chi connectivity index (χ1) is 14.9. The molecule has 5 aliphatic rings. The zero-order valence-corrected chi connectivity index (χ0v) is 20.6. The molecule has 0 amide bonds. The molecule has 0 unspecified atom stereocenters. The SMILES string of the molecule is CC(=O)O[C@@H]1C[C@@H]2[C@@]3(C)CCC(=O)C(C)(C)[C@@H]3CC[C@@]2(C)[C@@H]2CC=C3CO[C@@H](O)[C@@H]3[C@@]12C. The molecule has 9 atom stereocenters. The summed E-state index contributed by atoms with van der Waals surface area (Å²) in [5.74, 6) is 1.04. The lowest BCUT2D eigenvalue weighted by Gasteiger charge is -2.70. The number of aliphatic hydroxyl groups excluding tert-OH is 1. The Morgan fingerprint density at radius 2 is 1.78 bits per heavy atom. The molecule has 0 aromatic heterocycles. The van der Waals surface area contributed by atoms with Gasteiger partial charge in [0.05, 0.1) is 6.61 Å². The normalized spacial score (nSPS) is 51.6. The van der Waals surface area contributed by atoms with Crippen LogP contribution in [0, 0.1) is 45.3 Å². The number of fused-ring (bicyclic) bond motifs is 7. The maximum Gasteiger partial charge on any atom is 0.302 e. The van der Waals surface area contributed by atoms with E-state index in [1.54, 1.807) is 0 Å². The number of Topliss-reactive ketones (excluding diaryl/α,β-unsaturated/α-hetero) is 1. The van der Waals surface area contributed by atoms with Crippen molar-refractivity contribution in [2.75, 3.05) is 6.61 Å². The summed E-state index contributed by atoms with van der Waals surface area (Å²) in [6.07, 6.45) is 6.65. The van der Waals surface area contributed by atoms with Crippen LogP contribution in [0.25, 0.3) is 0 Å². The molecule has 5 rings (SSSR count). The third kappa shape index (κ3) is 2.70. The molecule has 0 aromatic carbocycles. The van der Waals surface area contributed by atoms with Crippen LogP contribution in [0.2, 0.25) is 0 Å². The van der Waals surface area contributed by atoms with Crippen molar-refractivity contribution in [1.29, 1.82) is 0 Å². The Balaban J connectivity index is 1.63. The third-order valence-electron chi connectivity index (χ3n) is 11.2. The van der Waals surface area contributed by atoms with Crippen molar-refractivity contribution in [1.82, 2.24) is 0 Å². The highest BCUT2D eigenvalue weighted by Gasteiger charge is 2.70. The van der Waals surface area contributed by atoms with Crippen LogP contribution in [-0.4, -0.2) is 35.9 Å². The first-order valence-electron chi connectivity index (χ1n) is 12.6. The van der Waals surface area contributed by atoms with Crippen molar-refractivity contribution in [3.8, 4) is 0 Å². The van der Waals surface area contributed by atoms with Gasteiger partial charge in [-0.15, -0.1) is 0 Å². The summed E-state index contributed by atoms with van der Waals surface area (Å²) < 4.78 is 11.8. The number of esters is 1. The summed E-state index contributed by atoms with van der Waals surface area (Å²) in [5, 5.41) is 10.9. The first kappa shape index (κ1) is 22.6. The van der Waals surface area contributed by atoms with Gasteiger partial charge in [0.2, 0.25) is 0 Å². The highest BCUT2D eigenvalue weighted by Crippen LogP contribution is 2.73. The van der Waals surface area contributed by atoms with Gasteiger partial charge in [-0.25, -0.2) is 0 Å². The Kier molecular flexibility index (Phi) is 4.88. The molecule has 3 saturated carbocycles. The van der Waals surface area contributed by atoms with Crippen LogP contribution in [0.5, 0.6) is 0 Å². The number of aliphatic hydroxyl groups is 1. The van der Waals surface area contributed by atoms with E-state index >= 15 is 0 Å². The van der Waals surface area contributed by atoms with Gasteiger partial charge < -0.3 is 14.6 Å². The van der Waals surface area contributed by atoms with E-state index < -0.39 is 6.29 Å². The number of rotatable bonds is 1. The lowest BCUT2D eigenvalue weighted by Crippen LogP contribution is -2.68. The zero-order chi connectivity index (χ0) is 23.3. The molecule has 4 fully saturated rings. The number of hydrogen-bond acceptors (Lipinski definition) is 5. The topological polar surface area (TPSA) is 72.8 Å².